The lowest BCUT2D eigenvalue weighted by molar-refractivity contribution is -0.119. The number of hydrogen-bond donors (Lipinski definition) is 2. The highest BCUT2D eigenvalue weighted by molar-refractivity contribution is 5.84. The standard InChI is InChI=1S/C12H16FN3O/c13-8-6-7(8)11-9(3-4-15-11)16-5-1-2-10(16)12(14)17/h3-4,7-8,10,15H,1-2,5-6H2,(H2,14,17)/t7?,8-,10-/m0/s1. The molecule has 5 heteroatoms. The van der Waals surface area contributed by atoms with E-state index in [1.54, 1.807) is 0 Å². The fraction of sp³-hybridized carbons (Fsp3) is 0.583. The monoisotopic (exact) mass is 237 g/mol. The molecule has 1 amide bonds. The molecule has 17 heavy (non-hydrogen) atoms. The highest BCUT2D eigenvalue weighted by Gasteiger charge is 2.43. The molecule has 3 atom stereocenters. The molecule has 0 radical (unpaired) electrons. The zero-order valence-electron chi connectivity index (χ0n) is 9.53. The van der Waals surface area contributed by atoms with E-state index in [4.69, 9.17) is 5.73 Å². The van der Waals surface area contributed by atoms with Gasteiger partial charge in [0.15, 0.2) is 0 Å². The van der Waals surface area contributed by atoms with Crippen LogP contribution in [0, 0.1) is 0 Å². The molecule has 1 aromatic rings. The summed E-state index contributed by atoms with van der Waals surface area (Å²) in [5.74, 6) is -0.309. The molecule has 1 aliphatic heterocycles. The lowest BCUT2D eigenvalue weighted by Crippen LogP contribution is -2.40. The van der Waals surface area contributed by atoms with Gasteiger partial charge >= 0.3 is 0 Å². The molecular formula is C12H16FN3O. The van der Waals surface area contributed by atoms with Gasteiger partial charge in [-0.3, -0.25) is 4.79 Å². The van der Waals surface area contributed by atoms with Crippen LogP contribution in [0.2, 0.25) is 0 Å². The van der Waals surface area contributed by atoms with Crippen molar-refractivity contribution in [2.75, 3.05) is 11.4 Å². The molecule has 3 N–H and O–H groups in total. The van der Waals surface area contributed by atoms with Crippen LogP contribution in [0.25, 0.3) is 0 Å². The highest BCUT2D eigenvalue weighted by Crippen LogP contribution is 2.47. The molecule has 1 aromatic heterocycles. The molecule has 3 rings (SSSR count). The van der Waals surface area contributed by atoms with Gasteiger partial charge in [-0.25, -0.2) is 4.39 Å². The highest BCUT2D eigenvalue weighted by atomic mass is 19.1. The van der Waals surface area contributed by atoms with Crippen molar-refractivity contribution in [1.29, 1.82) is 0 Å². The van der Waals surface area contributed by atoms with E-state index in [1.165, 1.54) is 0 Å². The van der Waals surface area contributed by atoms with Crippen LogP contribution in [0.5, 0.6) is 0 Å². The van der Waals surface area contributed by atoms with Crippen LogP contribution in [0.3, 0.4) is 0 Å². The average Bonchev–Trinajstić information content (AvgIpc) is 2.77. The van der Waals surface area contributed by atoms with Gasteiger partial charge in [-0.15, -0.1) is 0 Å². The van der Waals surface area contributed by atoms with Crippen molar-refractivity contribution in [2.24, 2.45) is 5.73 Å². The van der Waals surface area contributed by atoms with E-state index < -0.39 is 6.17 Å². The summed E-state index contributed by atoms with van der Waals surface area (Å²) in [6.45, 7) is 0.822. The van der Waals surface area contributed by atoms with Crippen molar-refractivity contribution in [1.82, 2.24) is 4.98 Å². The number of primary amides is 1. The Hall–Kier alpha value is -1.52. The number of H-pyrrole nitrogens is 1. The maximum absolute atomic E-state index is 13.1. The van der Waals surface area contributed by atoms with Crippen LogP contribution >= 0.6 is 0 Å². The predicted molar refractivity (Wildman–Crippen MR) is 62.6 cm³/mol. The number of amides is 1. The van der Waals surface area contributed by atoms with Gasteiger partial charge in [-0.1, -0.05) is 0 Å². The van der Waals surface area contributed by atoms with Crippen molar-refractivity contribution in [3.05, 3.63) is 18.0 Å². The first-order chi connectivity index (χ1) is 8.18. The minimum absolute atomic E-state index is 0.0193. The summed E-state index contributed by atoms with van der Waals surface area (Å²) in [7, 11) is 0. The van der Waals surface area contributed by atoms with Crippen LogP contribution in [-0.2, 0) is 4.79 Å². The minimum Gasteiger partial charge on any atom is -0.368 e. The summed E-state index contributed by atoms with van der Waals surface area (Å²) in [5, 5.41) is 0. The number of nitrogens with zero attached hydrogens (tertiary/aromatic N) is 1. The molecule has 4 nitrogen and oxygen atoms in total. The first-order valence-electron chi connectivity index (χ1n) is 6.06. The normalized spacial score (nSPS) is 31.8. The zero-order chi connectivity index (χ0) is 12.0. The summed E-state index contributed by atoms with van der Waals surface area (Å²) in [5.41, 5.74) is 7.28. The Labute approximate surface area is 99.0 Å². The number of nitrogens with two attached hydrogens (primary N) is 1. The van der Waals surface area contributed by atoms with Crippen molar-refractivity contribution < 1.29 is 9.18 Å². The Morgan fingerprint density at radius 2 is 2.35 bits per heavy atom. The maximum atomic E-state index is 13.1. The van der Waals surface area contributed by atoms with Crippen LogP contribution in [-0.4, -0.2) is 29.6 Å². The lowest BCUT2D eigenvalue weighted by atomic mass is 10.2. The summed E-state index contributed by atoms with van der Waals surface area (Å²) in [6, 6.07) is 1.68. The summed E-state index contributed by atoms with van der Waals surface area (Å²) >= 11 is 0. The fourth-order valence-corrected chi connectivity index (χ4v) is 2.74. The number of nitrogens with one attached hydrogen (secondary N) is 1. The molecule has 2 fully saturated rings. The third-order valence-electron chi connectivity index (χ3n) is 3.73. The van der Waals surface area contributed by atoms with Crippen molar-refractivity contribution in [3.8, 4) is 0 Å². The number of carbonyl (C=O) groups excluding carboxylic acids is 1. The molecule has 0 bridgehead atoms. The third kappa shape index (κ3) is 1.69. The lowest BCUT2D eigenvalue weighted by Gasteiger charge is -2.24. The first-order valence-corrected chi connectivity index (χ1v) is 6.06. The van der Waals surface area contributed by atoms with Gasteiger partial charge in [0.1, 0.15) is 12.2 Å². The van der Waals surface area contributed by atoms with E-state index in [0.717, 1.165) is 30.8 Å². The van der Waals surface area contributed by atoms with Crippen molar-refractivity contribution >= 4 is 11.6 Å². The average molecular weight is 237 g/mol. The van der Waals surface area contributed by atoms with Crippen LogP contribution in [0.15, 0.2) is 12.3 Å². The SMILES string of the molecule is NC(=O)[C@@H]1CCCN1c1cc[nH]c1C1C[C@@H]1F. The van der Waals surface area contributed by atoms with Gasteiger partial charge in [-0.05, 0) is 25.3 Å². The molecule has 92 valence electrons. The van der Waals surface area contributed by atoms with Gasteiger partial charge in [0.25, 0.3) is 0 Å². The van der Waals surface area contributed by atoms with Gasteiger partial charge < -0.3 is 15.6 Å². The van der Waals surface area contributed by atoms with Crippen molar-refractivity contribution in [2.45, 2.75) is 37.4 Å². The molecular weight excluding hydrogens is 221 g/mol. The number of anilines is 1. The van der Waals surface area contributed by atoms with Crippen molar-refractivity contribution in [3.63, 3.8) is 0 Å². The molecule has 0 spiro atoms. The molecule has 1 aliphatic carbocycles. The van der Waals surface area contributed by atoms with E-state index in [0.29, 0.717) is 6.42 Å². The van der Waals surface area contributed by atoms with Crippen LogP contribution in [0.1, 0.15) is 30.9 Å². The summed E-state index contributed by atoms with van der Waals surface area (Å²) in [4.78, 5) is 16.5. The number of aromatic amines is 1. The Morgan fingerprint density at radius 3 is 3.00 bits per heavy atom. The fourth-order valence-electron chi connectivity index (χ4n) is 2.74. The van der Waals surface area contributed by atoms with Gasteiger partial charge in [0.2, 0.25) is 5.91 Å². The molecule has 2 aliphatic rings. The number of hydrogen-bond acceptors (Lipinski definition) is 2. The Kier molecular flexibility index (Phi) is 2.34. The zero-order valence-corrected chi connectivity index (χ0v) is 9.53. The number of aromatic nitrogens is 1. The molecule has 2 heterocycles. The second kappa shape index (κ2) is 3.75. The second-order valence-electron chi connectivity index (χ2n) is 4.89. The van der Waals surface area contributed by atoms with Gasteiger partial charge in [0.05, 0.1) is 5.69 Å². The quantitative estimate of drug-likeness (QED) is 0.832. The summed E-state index contributed by atoms with van der Waals surface area (Å²) in [6.07, 6.45) is 3.42. The molecule has 0 aromatic carbocycles. The van der Waals surface area contributed by atoms with E-state index in [1.807, 2.05) is 17.2 Å². The number of rotatable bonds is 3. The third-order valence-corrected chi connectivity index (χ3v) is 3.73. The maximum Gasteiger partial charge on any atom is 0.240 e. The molecule has 1 saturated heterocycles. The first kappa shape index (κ1) is 10.6. The largest absolute Gasteiger partial charge is 0.368 e. The number of alkyl halides is 1. The Bertz CT molecular complexity index is 445. The Balaban J connectivity index is 1.88. The van der Waals surface area contributed by atoms with Gasteiger partial charge in [0, 0.05) is 24.4 Å². The number of carbonyl (C=O) groups is 1. The second-order valence-corrected chi connectivity index (χ2v) is 4.89. The topological polar surface area (TPSA) is 62.1 Å². The van der Waals surface area contributed by atoms with E-state index in [-0.39, 0.29) is 17.9 Å². The predicted octanol–water partition coefficient (Wildman–Crippen LogP) is 1.29. The number of halogens is 1. The summed E-state index contributed by atoms with van der Waals surface area (Å²) < 4.78 is 13.1. The van der Waals surface area contributed by atoms with E-state index >= 15 is 0 Å². The minimum atomic E-state index is -0.734. The van der Waals surface area contributed by atoms with Gasteiger partial charge in [-0.2, -0.15) is 0 Å². The Morgan fingerprint density at radius 1 is 1.59 bits per heavy atom. The van der Waals surface area contributed by atoms with Crippen LogP contribution < -0.4 is 10.6 Å². The van der Waals surface area contributed by atoms with Crippen LogP contribution in [0.4, 0.5) is 10.1 Å². The van der Waals surface area contributed by atoms with E-state index in [9.17, 15) is 9.18 Å². The molecule has 1 unspecified atom stereocenters. The van der Waals surface area contributed by atoms with E-state index in [2.05, 4.69) is 4.98 Å². The molecule has 1 saturated carbocycles. The smallest absolute Gasteiger partial charge is 0.240 e.